The number of unbranched alkanes of at least 4 members (excludes halogenated alkanes) is 1. The molecule has 1 aliphatic rings. The highest BCUT2D eigenvalue weighted by Gasteiger charge is 2.23. The van der Waals surface area contributed by atoms with E-state index in [-0.39, 0.29) is 18.2 Å². The van der Waals surface area contributed by atoms with Crippen molar-refractivity contribution in [2.24, 2.45) is 0 Å². The van der Waals surface area contributed by atoms with E-state index in [0.717, 1.165) is 12.8 Å². The molecule has 0 spiro atoms. The Bertz CT molecular complexity index is 211. The van der Waals surface area contributed by atoms with Gasteiger partial charge < -0.3 is 9.47 Å². The minimum Gasteiger partial charge on any atom is -0.349 e. The van der Waals surface area contributed by atoms with Crippen molar-refractivity contribution in [3.8, 4) is 0 Å². The van der Waals surface area contributed by atoms with E-state index in [1.807, 2.05) is 6.92 Å². The second-order valence-electron chi connectivity index (χ2n) is 3.39. The van der Waals surface area contributed by atoms with Crippen LogP contribution in [0.25, 0.3) is 0 Å². The van der Waals surface area contributed by atoms with E-state index >= 15 is 0 Å². The lowest BCUT2D eigenvalue weighted by atomic mass is 10.1. The van der Waals surface area contributed by atoms with Gasteiger partial charge in [-0.25, -0.2) is 0 Å². The molecule has 3 heteroatoms. The Balaban J connectivity index is 2.34. The van der Waals surface area contributed by atoms with Crippen LogP contribution in [0.15, 0.2) is 12.2 Å². The highest BCUT2D eigenvalue weighted by atomic mass is 16.7. The number of carbonyl (C=O) groups is 1. The Kier molecular flexibility index (Phi) is 4.84. The topological polar surface area (TPSA) is 35.5 Å². The maximum absolute atomic E-state index is 11.2. The molecule has 3 nitrogen and oxygen atoms in total. The summed E-state index contributed by atoms with van der Waals surface area (Å²) in [6.07, 6.45) is 5.44. The van der Waals surface area contributed by atoms with E-state index in [0.29, 0.717) is 13.0 Å². The summed E-state index contributed by atoms with van der Waals surface area (Å²) >= 11 is 0. The van der Waals surface area contributed by atoms with Crippen LogP contribution in [-0.4, -0.2) is 24.8 Å². The molecule has 0 amide bonds. The molecule has 1 heterocycles. The summed E-state index contributed by atoms with van der Waals surface area (Å²) in [4.78, 5) is 11.2. The normalized spacial score (nSPS) is 26.9. The van der Waals surface area contributed by atoms with Crippen molar-refractivity contribution in [3.05, 3.63) is 12.2 Å². The minimum atomic E-state index is -0.329. The highest BCUT2D eigenvalue weighted by Crippen LogP contribution is 2.13. The fourth-order valence-corrected chi connectivity index (χ4v) is 1.29. The first-order valence-corrected chi connectivity index (χ1v) is 5.27. The number of rotatable bonds is 5. The van der Waals surface area contributed by atoms with Gasteiger partial charge in [-0.1, -0.05) is 20.3 Å². The van der Waals surface area contributed by atoms with Crippen molar-refractivity contribution >= 4 is 5.78 Å². The van der Waals surface area contributed by atoms with Crippen molar-refractivity contribution < 1.29 is 14.3 Å². The average Bonchev–Trinajstić information content (AvgIpc) is 2.21. The molecule has 0 radical (unpaired) electrons. The molecule has 0 saturated heterocycles. The van der Waals surface area contributed by atoms with Crippen LogP contribution >= 0.6 is 0 Å². The molecule has 14 heavy (non-hydrogen) atoms. The van der Waals surface area contributed by atoms with Crippen molar-refractivity contribution in [2.75, 3.05) is 6.61 Å². The Morgan fingerprint density at radius 2 is 2.29 bits per heavy atom. The summed E-state index contributed by atoms with van der Waals surface area (Å²) < 4.78 is 10.9. The van der Waals surface area contributed by atoms with Crippen LogP contribution in [-0.2, 0) is 14.3 Å². The van der Waals surface area contributed by atoms with Gasteiger partial charge in [0.05, 0.1) is 6.61 Å². The number of ketones is 1. The first-order chi connectivity index (χ1) is 6.77. The third-order valence-electron chi connectivity index (χ3n) is 2.18. The van der Waals surface area contributed by atoms with Gasteiger partial charge in [-0.05, 0) is 25.0 Å². The lowest BCUT2D eigenvalue weighted by molar-refractivity contribution is -0.163. The maximum Gasteiger partial charge on any atom is 0.184 e. The Morgan fingerprint density at radius 1 is 1.50 bits per heavy atom. The maximum atomic E-state index is 11.2. The second kappa shape index (κ2) is 5.94. The van der Waals surface area contributed by atoms with Crippen LogP contribution in [0, 0.1) is 0 Å². The van der Waals surface area contributed by atoms with Gasteiger partial charge in [0.25, 0.3) is 0 Å². The molecule has 0 aromatic rings. The number of hydrogen-bond donors (Lipinski definition) is 0. The van der Waals surface area contributed by atoms with Crippen molar-refractivity contribution in [3.63, 3.8) is 0 Å². The summed E-state index contributed by atoms with van der Waals surface area (Å²) in [5.74, 6) is 0.0443. The van der Waals surface area contributed by atoms with Crippen LogP contribution < -0.4 is 0 Å². The van der Waals surface area contributed by atoms with E-state index in [1.165, 1.54) is 0 Å². The standard InChI is InChI=1S/C11H18O3/c1-3-5-8-13-11-7-6-9(12)10(4-2)14-11/h6-7,10-11H,3-5,8H2,1-2H3. The molecule has 0 fully saturated rings. The third kappa shape index (κ3) is 3.24. The fraction of sp³-hybridized carbons (Fsp3) is 0.727. The first-order valence-electron chi connectivity index (χ1n) is 5.27. The summed E-state index contributed by atoms with van der Waals surface area (Å²) in [5.41, 5.74) is 0. The minimum absolute atomic E-state index is 0.0443. The zero-order chi connectivity index (χ0) is 10.4. The number of carbonyl (C=O) groups excluding carboxylic acids is 1. The molecule has 2 atom stereocenters. The van der Waals surface area contributed by atoms with Gasteiger partial charge in [0.1, 0.15) is 6.10 Å². The van der Waals surface area contributed by atoms with Crippen molar-refractivity contribution in [1.82, 2.24) is 0 Å². The van der Waals surface area contributed by atoms with Crippen molar-refractivity contribution in [2.45, 2.75) is 45.5 Å². The summed E-state index contributed by atoms with van der Waals surface area (Å²) in [6.45, 7) is 4.74. The van der Waals surface area contributed by atoms with Gasteiger partial charge in [-0.3, -0.25) is 4.79 Å². The molecule has 1 aliphatic heterocycles. The molecule has 0 aromatic carbocycles. The lowest BCUT2D eigenvalue weighted by Crippen LogP contribution is -2.32. The number of ether oxygens (including phenoxy) is 2. The van der Waals surface area contributed by atoms with Gasteiger partial charge in [-0.15, -0.1) is 0 Å². The van der Waals surface area contributed by atoms with Gasteiger partial charge in [-0.2, -0.15) is 0 Å². The highest BCUT2D eigenvalue weighted by molar-refractivity contribution is 5.94. The molecule has 1 rings (SSSR count). The smallest absolute Gasteiger partial charge is 0.184 e. The average molecular weight is 198 g/mol. The van der Waals surface area contributed by atoms with E-state index in [2.05, 4.69) is 6.92 Å². The Labute approximate surface area is 85.1 Å². The quantitative estimate of drug-likeness (QED) is 0.634. The molecule has 0 N–H and O–H groups in total. The second-order valence-corrected chi connectivity index (χ2v) is 3.39. The third-order valence-corrected chi connectivity index (χ3v) is 2.18. The number of hydrogen-bond acceptors (Lipinski definition) is 3. The lowest BCUT2D eigenvalue weighted by Gasteiger charge is -2.23. The molecule has 2 unspecified atom stereocenters. The van der Waals surface area contributed by atoms with Crippen LogP contribution in [0.4, 0.5) is 0 Å². The zero-order valence-electron chi connectivity index (χ0n) is 8.86. The molecule has 0 aromatic heterocycles. The molecule has 0 aliphatic carbocycles. The molecule has 80 valence electrons. The van der Waals surface area contributed by atoms with Gasteiger partial charge in [0, 0.05) is 0 Å². The summed E-state index contributed by atoms with van der Waals surface area (Å²) in [5, 5.41) is 0. The van der Waals surface area contributed by atoms with E-state index in [1.54, 1.807) is 12.2 Å². The van der Waals surface area contributed by atoms with E-state index in [9.17, 15) is 4.79 Å². The predicted molar refractivity (Wildman–Crippen MR) is 54.0 cm³/mol. The van der Waals surface area contributed by atoms with Crippen LogP contribution in [0.3, 0.4) is 0 Å². The van der Waals surface area contributed by atoms with Gasteiger partial charge in [0.2, 0.25) is 0 Å². The monoisotopic (exact) mass is 198 g/mol. The molecular weight excluding hydrogens is 180 g/mol. The summed E-state index contributed by atoms with van der Waals surface area (Å²) in [6, 6.07) is 0. The molecule has 0 bridgehead atoms. The largest absolute Gasteiger partial charge is 0.349 e. The Morgan fingerprint density at radius 3 is 2.93 bits per heavy atom. The summed E-state index contributed by atoms with van der Waals surface area (Å²) in [7, 11) is 0. The van der Waals surface area contributed by atoms with Crippen LogP contribution in [0.5, 0.6) is 0 Å². The van der Waals surface area contributed by atoms with Gasteiger partial charge >= 0.3 is 0 Å². The van der Waals surface area contributed by atoms with Crippen LogP contribution in [0.1, 0.15) is 33.1 Å². The van der Waals surface area contributed by atoms with Crippen LogP contribution in [0.2, 0.25) is 0 Å². The van der Waals surface area contributed by atoms with Gasteiger partial charge in [0.15, 0.2) is 12.1 Å². The molecular formula is C11H18O3. The fourth-order valence-electron chi connectivity index (χ4n) is 1.29. The van der Waals surface area contributed by atoms with E-state index in [4.69, 9.17) is 9.47 Å². The van der Waals surface area contributed by atoms with E-state index < -0.39 is 0 Å². The first kappa shape index (κ1) is 11.4. The molecule has 0 saturated carbocycles. The SMILES string of the molecule is CCCCOC1C=CC(=O)C(CC)O1. The zero-order valence-corrected chi connectivity index (χ0v) is 8.86. The van der Waals surface area contributed by atoms with Crippen molar-refractivity contribution in [1.29, 1.82) is 0 Å². The Hall–Kier alpha value is -0.670. The predicted octanol–water partition coefficient (Wildman–Crippen LogP) is 2.06.